The van der Waals surface area contributed by atoms with E-state index < -0.39 is 9.73 Å². The normalized spacial score (nSPS) is 8.38. The third-order valence-corrected chi connectivity index (χ3v) is 2.08. The Labute approximate surface area is 126 Å². The minimum atomic E-state index is -1.79. The average molecular weight is 318 g/mol. The number of hydrogen-bond donors (Lipinski definition) is 0. The van der Waals surface area contributed by atoms with Gasteiger partial charge in [-0.25, -0.2) is 4.36 Å². The Bertz CT molecular complexity index is 338. The van der Waals surface area contributed by atoms with Gasteiger partial charge in [-0.05, 0) is 0 Å². The standard InChI is InChI=1S/C6H6N.C3H9NOS.C2H6.Y/c1-6-3-2-4-7-5-6;1-4-6(2,3)5;1-2;/h2-3,5H,1H3;1-3H3;1-2H3;/q-1;;;. The number of nitrogens with zero attached hydrogens (tertiary/aromatic N) is 2. The summed E-state index contributed by atoms with van der Waals surface area (Å²) in [5.74, 6) is 0. The Hall–Kier alpha value is 0.204. The molecule has 3 nitrogen and oxygen atoms in total. The molecule has 0 aliphatic heterocycles. The van der Waals surface area contributed by atoms with Crippen LogP contribution < -0.4 is 0 Å². The topological polar surface area (TPSA) is 42.3 Å². The molecule has 0 spiro atoms. The molecule has 0 atom stereocenters. The van der Waals surface area contributed by atoms with Gasteiger partial charge in [-0.1, -0.05) is 33.2 Å². The largest absolute Gasteiger partial charge is 0.394 e. The zero-order valence-electron chi connectivity index (χ0n) is 11.0. The van der Waals surface area contributed by atoms with E-state index in [2.05, 4.69) is 15.5 Å². The third-order valence-electron chi connectivity index (χ3n) is 1.20. The van der Waals surface area contributed by atoms with Crippen molar-refractivity contribution in [3.8, 4) is 0 Å². The molecule has 0 amide bonds. The molecule has 0 aliphatic rings. The third kappa shape index (κ3) is 19.7. The summed E-state index contributed by atoms with van der Waals surface area (Å²) in [6, 6.07) is 3.77. The molecule has 0 fully saturated rings. The first-order chi connectivity index (χ1) is 6.95. The van der Waals surface area contributed by atoms with Gasteiger partial charge in [0.1, 0.15) is 0 Å². The van der Waals surface area contributed by atoms with Crippen LogP contribution in [-0.4, -0.2) is 28.8 Å². The first-order valence-corrected chi connectivity index (χ1v) is 7.13. The Kier molecular flexibility index (Phi) is 17.8. The Balaban J connectivity index is -0.000000175. The van der Waals surface area contributed by atoms with Crippen molar-refractivity contribution in [3.05, 3.63) is 30.1 Å². The van der Waals surface area contributed by atoms with Crippen molar-refractivity contribution in [1.82, 2.24) is 4.98 Å². The molecule has 1 radical (unpaired) electrons. The van der Waals surface area contributed by atoms with Gasteiger partial charge in [0.15, 0.2) is 0 Å². The number of hydrogen-bond acceptors (Lipinski definition) is 3. The fourth-order valence-corrected chi connectivity index (χ4v) is 0.394. The van der Waals surface area contributed by atoms with Crippen LogP contribution in [0.4, 0.5) is 0 Å². The molecule has 0 N–H and O–H groups in total. The second-order valence-electron chi connectivity index (χ2n) is 2.83. The first kappa shape index (κ1) is 21.5. The van der Waals surface area contributed by atoms with Gasteiger partial charge < -0.3 is 4.98 Å². The smallest absolute Gasteiger partial charge is 0.0406 e. The monoisotopic (exact) mass is 318 g/mol. The Morgan fingerprint density at radius 1 is 1.38 bits per heavy atom. The zero-order valence-corrected chi connectivity index (χ0v) is 14.7. The predicted octanol–water partition coefficient (Wildman–Crippen LogP) is 2.56. The van der Waals surface area contributed by atoms with E-state index in [0.717, 1.165) is 0 Å². The van der Waals surface area contributed by atoms with Crippen molar-refractivity contribution in [2.24, 2.45) is 4.36 Å². The molecule has 0 aromatic carbocycles. The van der Waals surface area contributed by atoms with E-state index >= 15 is 0 Å². The van der Waals surface area contributed by atoms with Crippen LogP contribution in [0.15, 0.2) is 22.7 Å². The molecule has 0 saturated heterocycles. The quantitative estimate of drug-likeness (QED) is 0.690. The van der Waals surface area contributed by atoms with Gasteiger partial charge in [0.2, 0.25) is 0 Å². The van der Waals surface area contributed by atoms with E-state index in [1.54, 1.807) is 31.8 Å². The summed E-state index contributed by atoms with van der Waals surface area (Å²) in [7, 11) is -0.229. The van der Waals surface area contributed by atoms with Gasteiger partial charge in [0.25, 0.3) is 0 Å². The molecular weight excluding hydrogens is 297 g/mol. The summed E-state index contributed by atoms with van der Waals surface area (Å²) in [5.41, 5.74) is 1.18. The zero-order chi connectivity index (χ0) is 12.3. The maximum absolute atomic E-state index is 10.4. The van der Waals surface area contributed by atoms with Crippen molar-refractivity contribution in [2.45, 2.75) is 20.8 Å². The Morgan fingerprint density at radius 3 is 1.94 bits per heavy atom. The van der Waals surface area contributed by atoms with Crippen LogP contribution in [0.3, 0.4) is 0 Å². The molecule has 0 unspecified atom stereocenters. The van der Waals surface area contributed by atoms with Crippen LogP contribution in [-0.2, 0) is 42.4 Å². The van der Waals surface area contributed by atoms with Crippen LogP contribution in [0.5, 0.6) is 0 Å². The van der Waals surface area contributed by atoms with Crippen molar-refractivity contribution in [1.29, 1.82) is 0 Å². The van der Waals surface area contributed by atoms with E-state index in [1.165, 1.54) is 5.56 Å². The van der Waals surface area contributed by atoms with E-state index in [-0.39, 0.29) is 32.7 Å². The number of pyridine rings is 1. The molecule has 1 heterocycles. The van der Waals surface area contributed by atoms with E-state index in [4.69, 9.17) is 0 Å². The van der Waals surface area contributed by atoms with Crippen LogP contribution in [0.2, 0.25) is 0 Å². The molecule has 1 aromatic rings. The van der Waals surface area contributed by atoms with Crippen LogP contribution >= 0.6 is 0 Å². The summed E-state index contributed by atoms with van der Waals surface area (Å²) in [4.78, 5) is 3.76. The van der Waals surface area contributed by atoms with E-state index in [0.29, 0.717) is 0 Å². The molecular formula is C11H21N2OSY-. The van der Waals surface area contributed by atoms with Gasteiger partial charge in [-0.3, -0.25) is 4.21 Å². The van der Waals surface area contributed by atoms with Gasteiger partial charge in [-0.2, -0.15) is 12.1 Å². The second kappa shape index (κ2) is 13.3. The van der Waals surface area contributed by atoms with Crippen LogP contribution in [0.25, 0.3) is 0 Å². The molecule has 0 saturated carbocycles. The fraction of sp³-hybridized carbons (Fsp3) is 0.545. The van der Waals surface area contributed by atoms with Gasteiger partial charge in [0, 0.05) is 62.0 Å². The summed E-state index contributed by atoms with van der Waals surface area (Å²) >= 11 is 0. The van der Waals surface area contributed by atoms with Gasteiger partial charge in [0.05, 0.1) is 0 Å². The van der Waals surface area contributed by atoms with E-state index in [9.17, 15) is 4.21 Å². The van der Waals surface area contributed by atoms with Crippen molar-refractivity contribution < 1.29 is 36.9 Å². The molecule has 1 rings (SSSR count). The maximum Gasteiger partial charge on any atom is 0.0406 e. The minimum Gasteiger partial charge on any atom is -0.394 e. The number of aromatic nitrogens is 1. The van der Waals surface area contributed by atoms with Crippen LogP contribution in [0, 0.1) is 13.1 Å². The molecule has 16 heavy (non-hydrogen) atoms. The summed E-state index contributed by atoms with van der Waals surface area (Å²) in [5, 5.41) is 0. The molecule has 1 aromatic heterocycles. The van der Waals surface area contributed by atoms with E-state index in [1.807, 2.05) is 26.8 Å². The number of rotatable bonds is 0. The van der Waals surface area contributed by atoms with Gasteiger partial charge >= 0.3 is 0 Å². The van der Waals surface area contributed by atoms with Crippen molar-refractivity contribution in [3.63, 3.8) is 0 Å². The molecule has 0 aliphatic carbocycles. The average Bonchev–Trinajstić information content (AvgIpc) is 2.22. The molecule has 5 heteroatoms. The predicted molar refractivity (Wildman–Crippen MR) is 67.5 cm³/mol. The summed E-state index contributed by atoms with van der Waals surface area (Å²) < 4.78 is 13.9. The van der Waals surface area contributed by atoms with Crippen molar-refractivity contribution in [2.75, 3.05) is 19.6 Å². The fourth-order valence-electron chi connectivity index (χ4n) is 0.394. The molecule has 0 bridgehead atoms. The number of aryl methyl sites for hydroxylation is 1. The van der Waals surface area contributed by atoms with Crippen molar-refractivity contribution >= 4 is 9.73 Å². The Morgan fingerprint density at radius 2 is 1.81 bits per heavy atom. The van der Waals surface area contributed by atoms with Crippen LogP contribution in [0.1, 0.15) is 19.4 Å². The summed E-state index contributed by atoms with van der Waals surface area (Å²) in [6.07, 6.45) is 7.67. The molecule has 91 valence electrons. The van der Waals surface area contributed by atoms with Gasteiger partial charge in [-0.15, -0.1) is 5.56 Å². The SMILES string of the molecule is CC.CN=S(C)(C)=O.Cc1cc[c-]nc1.[Y]. The summed E-state index contributed by atoms with van der Waals surface area (Å²) in [6.45, 7) is 6.00. The maximum atomic E-state index is 10.4. The minimum absolute atomic E-state index is 0. The second-order valence-corrected chi connectivity index (χ2v) is 5.56. The first-order valence-electron chi connectivity index (χ1n) is 4.79.